The number of rotatable bonds is 1. The lowest BCUT2D eigenvalue weighted by atomic mass is 10.1. The van der Waals surface area contributed by atoms with Gasteiger partial charge in [0.1, 0.15) is 0 Å². The van der Waals surface area contributed by atoms with Crippen molar-refractivity contribution >= 4 is 22.6 Å². The van der Waals surface area contributed by atoms with Gasteiger partial charge in [-0.15, -0.1) is 0 Å². The predicted octanol–water partition coefficient (Wildman–Crippen LogP) is 4.19. The third-order valence-corrected chi connectivity index (χ3v) is 2.55. The Morgan fingerprint density at radius 2 is 1.93 bits per heavy atom. The molecule has 0 saturated heterocycles. The lowest BCUT2D eigenvalue weighted by Crippen LogP contribution is -2.05. The third kappa shape index (κ3) is 2.21. The average Bonchev–Trinajstić information content (AvgIpc) is 2.96. The summed E-state index contributed by atoms with van der Waals surface area (Å²) in [6, 6.07) is -1.52. The normalized spacial score (nSPS) is 20.1. The van der Waals surface area contributed by atoms with Crippen LogP contribution in [0.2, 0.25) is 0 Å². The minimum Gasteiger partial charge on any atom is -0.166 e. The van der Waals surface area contributed by atoms with Crippen molar-refractivity contribution in [2.75, 3.05) is 0 Å². The van der Waals surface area contributed by atoms with Gasteiger partial charge >= 0.3 is 6.18 Å². The molecule has 0 N–H and O–H groups in total. The van der Waals surface area contributed by atoms with Gasteiger partial charge in [-0.3, -0.25) is 0 Å². The molecule has 14 heavy (non-hydrogen) atoms. The summed E-state index contributed by atoms with van der Waals surface area (Å²) in [5.74, 6) is -0.106. The molecule has 0 aromatic heterocycles. The Bertz CT molecular complexity index is 481. The number of hydrogen-bond acceptors (Lipinski definition) is 0. The SMILES string of the molecule is [2H]c1c(I)c([2H])c(C(F)(F)F)c([2H])c1C1CC1. The van der Waals surface area contributed by atoms with E-state index in [0.717, 1.165) is 12.8 Å². The van der Waals surface area contributed by atoms with Gasteiger partial charge in [0.2, 0.25) is 0 Å². The predicted molar refractivity (Wildman–Crippen MR) is 56.1 cm³/mol. The highest BCUT2D eigenvalue weighted by molar-refractivity contribution is 14.1. The van der Waals surface area contributed by atoms with Gasteiger partial charge in [-0.2, -0.15) is 13.2 Å². The molecule has 1 saturated carbocycles. The van der Waals surface area contributed by atoms with Gasteiger partial charge in [0.25, 0.3) is 0 Å². The van der Waals surface area contributed by atoms with Crippen LogP contribution in [-0.4, -0.2) is 0 Å². The number of alkyl halides is 3. The molecule has 2 rings (SSSR count). The lowest BCUT2D eigenvalue weighted by molar-refractivity contribution is -0.137. The number of halogens is 4. The summed E-state index contributed by atoms with van der Waals surface area (Å²) in [6.45, 7) is 0. The topological polar surface area (TPSA) is 0 Å². The van der Waals surface area contributed by atoms with Gasteiger partial charge in [0, 0.05) is 3.57 Å². The molecule has 0 spiro atoms. The van der Waals surface area contributed by atoms with Crippen molar-refractivity contribution in [3.8, 4) is 0 Å². The smallest absolute Gasteiger partial charge is 0.166 e. The molecule has 1 fully saturated rings. The van der Waals surface area contributed by atoms with Crippen LogP contribution in [0.25, 0.3) is 0 Å². The zero-order chi connectivity index (χ0) is 13.0. The van der Waals surface area contributed by atoms with Gasteiger partial charge in [0.15, 0.2) is 0 Å². The summed E-state index contributed by atoms with van der Waals surface area (Å²) in [5.41, 5.74) is -1.06. The zero-order valence-corrected chi connectivity index (χ0v) is 9.16. The Morgan fingerprint density at radius 1 is 1.29 bits per heavy atom. The molecule has 0 bridgehead atoms. The second-order valence-corrected chi connectivity index (χ2v) is 4.33. The maximum Gasteiger partial charge on any atom is 0.416 e. The molecule has 0 unspecified atom stereocenters. The molecule has 0 radical (unpaired) electrons. The minimum absolute atomic E-state index is 0.0205. The summed E-state index contributed by atoms with van der Waals surface area (Å²) in [4.78, 5) is 0. The van der Waals surface area contributed by atoms with Crippen molar-refractivity contribution in [2.45, 2.75) is 24.9 Å². The molecule has 76 valence electrons. The van der Waals surface area contributed by atoms with Crippen LogP contribution in [0.3, 0.4) is 0 Å². The van der Waals surface area contributed by atoms with Gasteiger partial charge in [-0.25, -0.2) is 0 Å². The average molecular weight is 315 g/mol. The van der Waals surface area contributed by atoms with Crippen molar-refractivity contribution in [1.29, 1.82) is 0 Å². The van der Waals surface area contributed by atoms with Crippen molar-refractivity contribution in [3.63, 3.8) is 0 Å². The Labute approximate surface area is 97.9 Å². The summed E-state index contributed by atoms with van der Waals surface area (Å²) in [5, 5.41) is 0. The van der Waals surface area contributed by atoms with Gasteiger partial charge in [-0.1, -0.05) is 0 Å². The number of hydrogen-bond donors (Lipinski definition) is 0. The first-order chi connectivity index (χ1) is 7.75. The molecule has 4 heteroatoms. The van der Waals surface area contributed by atoms with E-state index < -0.39 is 23.8 Å². The van der Waals surface area contributed by atoms with E-state index in [1.165, 1.54) is 0 Å². The summed E-state index contributed by atoms with van der Waals surface area (Å²) >= 11 is 1.58. The molecule has 0 nitrogen and oxygen atoms in total. The summed E-state index contributed by atoms with van der Waals surface area (Å²) < 4.78 is 61.1. The van der Waals surface area contributed by atoms with Crippen LogP contribution in [-0.2, 0) is 6.18 Å². The van der Waals surface area contributed by atoms with E-state index >= 15 is 0 Å². The zero-order valence-electron chi connectivity index (χ0n) is 10.0. The van der Waals surface area contributed by atoms with Crippen LogP contribution in [0, 0.1) is 3.57 Å². The quantitative estimate of drug-likeness (QED) is 0.682. The first kappa shape index (κ1) is 7.09. The molecule has 1 aromatic carbocycles. The summed E-state index contributed by atoms with van der Waals surface area (Å²) in [7, 11) is 0. The largest absolute Gasteiger partial charge is 0.416 e. The van der Waals surface area contributed by atoms with E-state index in [4.69, 9.17) is 4.11 Å². The molecular formula is C10H8F3I. The molecule has 1 aromatic rings. The first-order valence-corrected chi connectivity index (χ1v) is 5.19. The molecule has 0 amide bonds. The maximum absolute atomic E-state index is 12.8. The van der Waals surface area contributed by atoms with Crippen molar-refractivity contribution in [3.05, 3.63) is 32.8 Å². The van der Waals surface area contributed by atoms with Crippen LogP contribution >= 0.6 is 22.6 Å². The highest BCUT2D eigenvalue weighted by Crippen LogP contribution is 2.42. The van der Waals surface area contributed by atoms with Crippen molar-refractivity contribution in [1.82, 2.24) is 0 Å². The van der Waals surface area contributed by atoms with Gasteiger partial charge in [-0.05, 0) is 65.0 Å². The monoisotopic (exact) mass is 315 g/mol. The minimum atomic E-state index is -4.70. The van der Waals surface area contributed by atoms with E-state index in [1.54, 1.807) is 22.6 Å². The Morgan fingerprint density at radius 3 is 2.43 bits per heavy atom. The summed E-state index contributed by atoms with van der Waals surface area (Å²) in [6.07, 6.45) is -3.25. The Kier molecular flexibility index (Phi) is 1.72. The molecule has 0 aliphatic heterocycles. The highest BCUT2D eigenvalue weighted by atomic mass is 127. The fourth-order valence-corrected chi connectivity index (χ4v) is 1.73. The van der Waals surface area contributed by atoms with Crippen LogP contribution in [0.4, 0.5) is 13.2 Å². The van der Waals surface area contributed by atoms with Crippen LogP contribution in [0.1, 0.15) is 34.0 Å². The van der Waals surface area contributed by atoms with Crippen LogP contribution < -0.4 is 0 Å². The van der Waals surface area contributed by atoms with Crippen LogP contribution in [0.5, 0.6) is 0 Å². The molecular weight excluding hydrogens is 304 g/mol. The Balaban J connectivity index is 2.75. The van der Waals surface area contributed by atoms with E-state index in [1.807, 2.05) is 0 Å². The van der Waals surface area contributed by atoms with E-state index in [9.17, 15) is 13.2 Å². The highest BCUT2D eigenvalue weighted by Gasteiger charge is 2.33. The second kappa shape index (κ2) is 3.40. The fraction of sp³-hybridized carbons (Fsp3) is 0.400. The second-order valence-electron chi connectivity index (χ2n) is 3.25. The number of benzene rings is 1. The molecule has 0 atom stereocenters. The standard InChI is InChI=1S/C10H8F3I/c11-10(12,13)8-3-7(6-1-2-6)4-9(14)5-8/h3-6H,1-2H2/i3D,4D,5D. The maximum atomic E-state index is 12.8. The molecule has 1 aliphatic carbocycles. The first-order valence-electron chi connectivity index (χ1n) is 5.61. The Hall–Kier alpha value is -0.260. The van der Waals surface area contributed by atoms with E-state index in [0.29, 0.717) is 0 Å². The van der Waals surface area contributed by atoms with Crippen molar-refractivity contribution in [2.24, 2.45) is 0 Å². The van der Waals surface area contributed by atoms with Crippen molar-refractivity contribution < 1.29 is 17.3 Å². The fourth-order valence-electron chi connectivity index (χ4n) is 1.17. The van der Waals surface area contributed by atoms with Gasteiger partial charge in [0.05, 0.1) is 9.68 Å². The lowest BCUT2D eigenvalue weighted by Gasteiger charge is -2.09. The molecule has 0 heterocycles. The third-order valence-electron chi connectivity index (χ3n) is 2.01. The van der Waals surface area contributed by atoms with Gasteiger partial charge < -0.3 is 0 Å². The van der Waals surface area contributed by atoms with E-state index in [2.05, 4.69) is 0 Å². The molecule has 1 aliphatic rings. The van der Waals surface area contributed by atoms with Crippen LogP contribution in [0.15, 0.2) is 18.1 Å². The van der Waals surface area contributed by atoms with E-state index in [-0.39, 0.29) is 21.1 Å².